The molecule has 1 aliphatic heterocycles. The largest absolute Gasteiger partial charge is 0.462 e. The summed E-state index contributed by atoms with van der Waals surface area (Å²) >= 11 is 0. The number of hydrogen-bond acceptors (Lipinski definition) is 5. The quantitative estimate of drug-likeness (QED) is 0.455. The molecule has 0 spiro atoms. The highest BCUT2D eigenvalue weighted by molar-refractivity contribution is 5.66. The van der Waals surface area contributed by atoms with Crippen LogP contribution in [0.3, 0.4) is 0 Å². The second kappa shape index (κ2) is 7.54. The first-order valence-corrected chi connectivity index (χ1v) is 13.2. The monoisotopic (exact) mass is 460 g/mol. The van der Waals surface area contributed by atoms with Gasteiger partial charge in [-0.25, -0.2) is 0 Å². The van der Waals surface area contributed by atoms with Gasteiger partial charge in [0.2, 0.25) is 0 Å². The SMILES string of the molecule is CC(=O)O[C@H]1C[C@H]2[C@@](C)(CC[C@H]3C(C)(C)CCC[C@@]32CO)[C@@H]2CC=C3C(C)OC(O)[C@@H]3[C@@]12C. The van der Waals surface area contributed by atoms with Crippen LogP contribution in [0.15, 0.2) is 11.6 Å². The van der Waals surface area contributed by atoms with E-state index in [-0.39, 0.29) is 52.9 Å². The van der Waals surface area contributed by atoms with E-state index in [2.05, 4.69) is 33.8 Å². The lowest BCUT2D eigenvalue weighted by Gasteiger charge is -2.71. The second-order valence-electron chi connectivity index (χ2n) is 13.2. The van der Waals surface area contributed by atoms with Crippen LogP contribution in [0.25, 0.3) is 0 Å². The molecule has 186 valence electrons. The number of aliphatic hydroxyl groups excluding tert-OH is 2. The van der Waals surface area contributed by atoms with Gasteiger partial charge in [0.05, 0.1) is 6.10 Å². The molecule has 5 heteroatoms. The van der Waals surface area contributed by atoms with Crippen molar-refractivity contribution in [3.63, 3.8) is 0 Å². The highest BCUT2D eigenvalue weighted by atomic mass is 16.6. The molecule has 1 saturated heterocycles. The van der Waals surface area contributed by atoms with Crippen LogP contribution in [0.5, 0.6) is 0 Å². The van der Waals surface area contributed by atoms with E-state index in [1.165, 1.54) is 18.9 Å². The summed E-state index contributed by atoms with van der Waals surface area (Å²) in [7, 11) is 0. The first kappa shape index (κ1) is 23.8. The van der Waals surface area contributed by atoms with Gasteiger partial charge < -0.3 is 19.7 Å². The normalized spacial score (nSPS) is 52.6. The Morgan fingerprint density at radius 2 is 1.88 bits per heavy atom. The van der Waals surface area contributed by atoms with Crippen molar-refractivity contribution >= 4 is 5.97 Å². The van der Waals surface area contributed by atoms with Gasteiger partial charge in [-0.05, 0) is 79.6 Å². The molecule has 5 nitrogen and oxygen atoms in total. The Hall–Kier alpha value is -0.910. The van der Waals surface area contributed by atoms with Crippen LogP contribution in [0, 0.1) is 45.3 Å². The number of rotatable bonds is 2. The number of fused-ring (bicyclic) bond motifs is 7. The van der Waals surface area contributed by atoms with Crippen molar-refractivity contribution in [3.05, 3.63) is 11.6 Å². The van der Waals surface area contributed by atoms with Crippen LogP contribution in [-0.2, 0) is 14.3 Å². The fourth-order valence-electron chi connectivity index (χ4n) is 10.3. The highest BCUT2D eigenvalue weighted by Gasteiger charge is 2.71. The smallest absolute Gasteiger partial charge is 0.302 e. The zero-order valence-corrected chi connectivity index (χ0v) is 21.4. The summed E-state index contributed by atoms with van der Waals surface area (Å²) in [6.07, 6.45) is 8.43. The van der Waals surface area contributed by atoms with Gasteiger partial charge in [-0.3, -0.25) is 4.79 Å². The van der Waals surface area contributed by atoms with E-state index in [1.807, 2.05) is 6.92 Å². The van der Waals surface area contributed by atoms with Gasteiger partial charge in [-0.15, -0.1) is 0 Å². The van der Waals surface area contributed by atoms with Gasteiger partial charge in [0.1, 0.15) is 6.10 Å². The molecule has 2 N–H and O–H groups in total. The van der Waals surface area contributed by atoms with Crippen LogP contribution < -0.4 is 0 Å². The standard InChI is InChI=1S/C28H44O5/c1-16-18-8-9-20-26(5)13-10-19-25(3,4)11-7-12-28(19,15-29)21(26)14-22(33-17(2)30)27(20,6)23(18)24(31)32-16/h8,16,19-24,29,31H,7,9-15H2,1-6H3/t16?,19-,20-,21-,22-,23+,24?,26-,27+,28+/m0/s1. The van der Waals surface area contributed by atoms with Crippen molar-refractivity contribution in [2.24, 2.45) is 45.3 Å². The predicted octanol–water partition coefficient (Wildman–Crippen LogP) is 4.85. The van der Waals surface area contributed by atoms with Crippen molar-refractivity contribution in [1.29, 1.82) is 0 Å². The molecule has 33 heavy (non-hydrogen) atoms. The summed E-state index contributed by atoms with van der Waals surface area (Å²) in [5.74, 6) is 0.635. The summed E-state index contributed by atoms with van der Waals surface area (Å²) in [6, 6.07) is 0. The van der Waals surface area contributed by atoms with E-state index >= 15 is 0 Å². The molecular weight excluding hydrogens is 416 g/mol. The average Bonchev–Trinajstić information content (AvgIpc) is 3.02. The Kier molecular flexibility index (Phi) is 5.44. The molecule has 4 aliphatic carbocycles. The van der Waals surface area contributed by atoms with Crippen LogP contribution in [0.2, 0.25) is 0 Å². The van der Waals surface area contributed by atoms with E-state index in [9.17, 15) is 15.0 Å². The minimum Gasteiger partial charge on any atom is -0.462 e. The van der Waals surface area contributed by atoms with Crippen LogP contribution in [0.4, 0.5) is 0 Å². The number of allylic oxidation sites excluding steroid dienone is 1. The summed E-state index contributed by atoms with van der Waals surface area (Å²) in [5, 5.41) is 22.1. The van der Waals surface area contributed by atoms with Crippen molar-refractivity contribution in [2.45, 2.75) is 105 Å². The van der Waals surface area contributed by atoms with Crippen molar-refractivity contribution in [3.8, 4) is 0 Å². The third-order valence-corrected chi connectivity index (χ3v) is 11.6. The highest BCUT2D eigenvalue weighted by Crippen LogP contribution is 2.74. The summed E-state index contributed by atoms with van der Waals surface area (Å²) in [4.78, 5) is 12.4. The maximum absolute atomic E-state index is 12.4. The first-order valence-electron chi connectivity index (χ1n) is 13.2. The lowest BCUT2D eigenvalue weighted by Crippen LogP contribution is -2.68. The number of carbonyl (C=O) groups is 1. The number of esters is 1. The molecule has 10 atom stereocenters. The Bertz CT molecular complexity index is 849. The van der Waals surface area contributed by atoms with Gasteiger partial charge in [0, 0.05) is 30.3 Å². The molecule has 5 rings (SSSR count). The minimum absolute atomic E-state index is 0.0195. The molecule has 0 aromatic rings. The van der Waals surface area contributed by atoms with Gasteiger partial charge in [0.15, 0.2) is 6.29 Å². The van der Waals surface area contributed by atoms with E-state index in [0.29, 0.717) is 11.8 Å². The zero-order chi connectivity index (χ0) is 24.0. The van der Waals surface area contributed by atoms with Crippen molar-refractivity contribution in [1.82, 2.24) is 0 Å². The lowest BCUT2D eigenvalue weighted by atomic mass is 9.34. The number of aliphatic hydroxyl groups is 2. The molecule has 0 bridgehead atoms. The first-order chi connectivity index (χ1) is 15.4. The van der Waals surface area contributed by atoms with Crippen LogP contribution in [-0.4, -0.2) is 41.3 Å². The molecule has 3 saturated carbocycles. The van der Waals surface area contributed by atoms with Gasteiger partial charge >= 0.3 is 5.97 Å². The second-order valence-corrected chi connectivity index (χ2v) is 13.2. The molecule has 4 fully saturated rings. The Labute approximate surface area is 199 Å². The van der Waals surface area contributed by atoms with E-state index in [0.717, 1.165) is 38.5 Å². The molecule has 0 amide bonds. The van der Waals surface area contributed by atoms with Gasteiger partial charge in [-0.1, -0.05) is 40.2 Å². The van der Waals surface area contributed by atoms with Crippen molar-refractivity contribution in [2.75, 3.05) is 6.61 Å². The number of ether oxygens (including phenoxy) is 2. The maximum Gasteiger partial charge on any atom is 0.302 e. The fraction of sp³-hybridized carbons (Fsp3) is 0.893. The Balaban J connectivity index is 1.65. The third-order valence-electron chi connectivity index (χ3n) is 11.6. The Morgan fingerprint density at radius 1 is 1.15 bits per heavy atom. The van der Waals surface area contributed by atoms with Crippen LogP contribution >= 0.6 is 0 Å². The topological polar surface area (TPSA) is 76.0 Å². The lowest BCUT2D eigenvalue weighted by molar-refractivity contribution is -0.262. The molecule has 0 radical (unpaired) electrons. The average molecular weight is 461 g/mol. The Morgan fingerprint density at radius 3 is 2.55 bits per heavy atom. The summed E-state index contributed by atoms with van der Waals surface area (Å²) < 4.78 is 12.1. The molecule has 0 aromatic carbocycles. The summed E-state index contributed by atoms with van der Waals surface area (Å²) in [5.41, 5.74) is 0.885. The molecule has 0 aromatic heterocycles. The molecule has 5 aliphatic rings. The number of hydrogen-bond donors (Lipinski definition) is 2. The van der Waals surface area contributed by atoms with Crippen molar-refractivity contribution < 1.29 is 24.5 Å². The minimum atomic E-state index is -0.867. The van der Waals surface area contributed by atoms with Gasteiger partial charge in [0.25, 0.3) is 0 Å². The third kappa shape index (κ3) is 3.04. The summed E-state index contributed by atoms with van der Waals surface area (Å²) in [6.45, 7) is 13.2. The maximum atomic E-state index is 12.4. The number of carbonyl (C=O) groups excluding carboxylic acids is 1. The van der Waals surface area contributed by atoms with E-state index in [1.54, 1.807) is 0 Å². The van der Waals surface area contributed by atoms with Crippen LogP contribution in [0.1, 0.15) is 86.5 Å². The fourth-order valence-corrected chi connectivity index (χ4v) is 10.3. The van der Waals surface area contributed by atoms with E-state index < -0.39 is 11.7 Å². The molecular formula is C28H44O5. The molecule has 1 heterocycles. The zero-order valence-electron chi connectivity index (χ0n) is 21.4. The molecule has 2 unspecified atom stereocenters. The van der Waals surface area contributed by atoms with Gasteiger partial charge in [-0.2, -0.15) is 0 Å². The predicted molar refractivity (Wildman–Crippen MR) is 126 cm³/mol. The van der Waals surface area contributed by atoms with E-state index in [4.69, 9.17) is 9.47 Å².